The van der Waals surface area contributed by atoms with Gasteiger partial charge in [-0.15, -0.1) is 0 Å². The van der Waals surface area contributed by atoms with E-state index in [1.165, 1.54) is 0 Å². The van der Waals surface area contributed by atoms with E-state index in [1.807, 2.05) is 6.92 Å². The second kappa shape index (κ2) is 5.93. The maximum atomic E-state index is 10.2. The van der Waals surface area contributed by atoms with E-state index in [9.17, 15) is 4.79 Å². The summed E-state index contributed by atoms with van der Waals surface area (Å²) in [6.07, 6.45) is 0. The van der Waals surface area contributed by atoms with Crippen LogP contribution in [0.2, 0.25) is 0 Å². The molecule has 72 valence electrons. The van der Waals surface area contributed by atoms with E-state index in [0.717, 1.165) is 0 Å². The van der Waals surface area contributed by atoms with Crippen molar-refractivity contribution < 1.29 is 15.0 Å². The van der Waals surface area contributed by atoms with Gasteiger partial charge in [0.25, 0.3) is 0 Å². The summed E-state index contributed by atoms with van der Waals surface area (Å²) in [6, 6.07) is -0.865. The Morgan fingerprint density at radius 2 is 2.17 bits per heavy atom. The van der Waals surface area contributed by atoms with Crippen molar-refractivity contribution in [3.63, 3.8) is 0 Å². The highest BCUT2D eigenvalue weighted by molar-refractivity contribution is 5.73. The molecule has 0 aliphatic rings. The third-order valence-electron chi connectivity index (χ3n) is 1.49. The van der Waals surface area contributed by atoms with Crippen LogP contribution in [0.15, 0.2) is 0 Å². The molecule has 2 atom stereocenters. The molecule has 0 rings (SSSR count). The van der Waals surface area contributed by atoms with Crippen molar-refractivity contribution in [2.45, 2.75) is 13.0 Å². The van der Waals surface area contributed by atoms with Gasteiger partial charge in [-0.05, 0) is 12.5 Å². The summed E-state index contributed by atoms with van der Waals surface area (Å²) in [7, 11) is 0. The first kappa shape index (κ1) is 11.4. The molecule has 0 saturated carbocycles. The van der Waals surface area contributed by atoms with Crippen molar-refractivity contribution in [3.05, 3.63) is 0 Å². The van der Waals surface area contributed by atoms with Gasteiger partial charge in [-0.3, -0.25) is 4.79 Å². The minimum Gasteiger partial charge on any atom is -0.480 e. The average molecular weight is 176 g/mol. The van der Waals surface area contributed by atoms with Gasteiger partial charge in [0.2, 0.25) is 0 Å². The van der Waals surface area contributed by atoms with Crippen LogP contribution in [0.3, 0.4) is 0 Å². The van der Waals surface area contributed by atoms with E-state index in [0.29, 0.717) is 6.54 Å². The fourth-order valence-corrected chi connectivity index (χ4v) is 0.637. The number of aliphatic carboxylic acids is 1. The standard InChI is InChI=1S/C7H16N2O3/c1-5(4-10)2-9-3-6(8)7(11)12/h5-6,9-10H,2-4,8H2,1H3,(H,11,12). The number of carboxylic acids is 1. The van der Waals surface area contributed by atoms with Gasteiger partial charge in [0.05, 0.1) is 0 Å². The predicted molar refractivity (Wildman–Crippen MR) is 44.7 cm³/mol. The highest BCUT2D eigenvalue weighted by Crippen LogP contribution is 1.88. The summed E-state index contributed by atoms with van der Waals surface area (Å²) in [6.45, 7) is 2.77. The first-order chi connectivity index (χ1) is 5.57. The maximum Gasteiger partial charge on any atom is 0.321 e. The minimum atomic E-state index is -1.01. The number of aliphatic hydroxyl groups excluding tert-OH is 1. The largest absolute Gasteiger partial charge is 0.480 e. The Morgan fingerprint density at radius 3 is 2.58 bits per heavy atom. The van der Waals surface area contributed by atoms with Crippen LogP contribution in [0.25, 0.3) is 0 Å². The van der Waals surface area contributed by atoms with Crippen LogP contribution in [-0.4, -0.2) is 41.9 Å². The smallest absolute Gasteiger partial charge is 0.321 e. The number of carbonyl (C=O) groups is 1. The second-order valence-electron chi connectivity index (χ2n) is 2.89. The van der Waals surface area contributed by atoms with Gasteiger partial charge in [-0.2, -0.15) is 0 Å². The van der Waals surface area contributed by atoms with Gasteiger partial charge in [-0.1, -0.05) is 6.92 Å². The number of hydrogen-bond donors (Lipinski definition) is 4. The Morgan fingerprint density at radius 1 is 1.58 bits per heavy atom. The molecule has 0 aliphatic heterocycles. The number of hydrogen-bond acceptors (Lipinski definition) is 4. The summed E-state index contributed by atoms with van der Waals surface area (Å²) < 4.78 is 0. The zero-order valence-corrected chi connectivity index (χ0v) is 7.16. The molecule has 0 saturated heterocycles. The minimum absolute atomic E-state index is 0.0926. The number of rotatable bonds is 6. The van der Waals surface area contributed by atoms with Crippen molar-refractivity contribution >= 4 is 5.97 Å². The highest BCUT2D eigenvalue weighted by Gasteiger charge is 2.10. The Balaban J connectivity index is 3.37. The molecule has 0 bridgehead atoms. The lowest BCUT2D eigenvalue weighted by atomic mass is 10.2. The van der Waals surface area contributed by atoms with Gasteiger partial charge in [0.15, 0.2) is 0 Å². The lowest BCUT2D eigenvalue weighted by Gasteiger charge is -2.11. The van der Waals surface area contributed by atoms with Crippen molar-refractivity contribution in [3.8, 4) is 0 Å². The molecule has 0 amide bonds. The molecule has 0 aliphatic carbocycles. The molecule has 5 heteroatoms. The van der Waals surface area contributed by atoms with Crippen molar-refractivity contribution in [2.75, 3.05) is 19.7 Å². The monoisotopic (exact) mass is 176 g/mol. The molecule has 0 heterocycles. The zero-order chi connectivity index (χ0) is 9.56. The van der Waals surface area contributed by atoms with Crippen LogP contribution in [0, 0.1) is 5.92 Å². The summed E-state index contributed by atoms with van der Waals surface area (Å²) in [4.78, 5) is 10.2. The molecule has 0 aromatic carbocycles. The summed E-state index contributed by atoms with van der Waals surface area (Å²) >= 11 is 0. The molecular formula is C7H16N2O3. The normalized spacial score (nSPS) is 15.6. The third-order valence-corrected chi connectivity index (χ3v) is 1.49. The first-order valence-corrected chi connectivity index (χ1v) is 3.88. The quantitative estimate of drug-likeness (QED) is 0.400. The van der Waals surface area contributed by atoms with Gasteiger partial charge in [-0.25, -0.2) is 0 Å². The van der Waals surface area contributed by atoms with E-state index < -0.39 is 12.0 Å². The number of aliphatic hydroxyl groups is 1. The zero-order valence-electron chi connectivity index (χ0n) is 7.16. The molecule has 0 fully saturated rings. The SMILES string of the molecule is CC(CO)CNCC(N)C(=O)O. The molecule has 0 spiro atoms. The fraction of sp³-hybridized carbons (Fsp3) is 0.857. The lowest BCUT2D eigenvalue weighted by molar-refractivity contribution is -0.138. The molecule has 5 nitrogen and oxygen atoms in total. The van der Waals surface area contributed by atoms with Crippen LogP contribution < -0.4 is 11.1 Å². The van der Waals surface area contributed by atoms with Crippen LogP contribution in [0.1, 0.15) is 6.92 Å². The van der Waals surface area contributed by atoms with Gasteiger partial charge in [0, 0.05) is 13.2 Å². The Kier molecular flexibility index (Phi) is 5.61. The number of nitrogens with two attached hydrogens (primary N) is 1. The fourth-order valence-electron chi connectivity index (χ4n) is 0.637. The van der Waals surface area contributed by atoms with Crippen LogP contribution >= 0.6 is 0 Å². The Labute approximate surface area is 71.6 Å². The van der Waals surface area contributed by atoms with Crippen molar-refractivity contribution in [1.82, 2.24) is 5.32 Å². The average Bonchev–Trinajstić information content (AvgIpc) is 2.03. The molecule has 2 unspecified atom stereocenters. The molecule has 0 radical (unpaired) electrons. The van der Waals surface area contributed by atoms with Crippen molar-refractivity contribution in [2.24, 2.45) is 11.7 Å². The number of nitrogens with one attached hydrogen (secondary N) is 1. The Hall–Kier alpha value is -0.650. The molecule has 0 aromatic heterocycles. The van der Waals surface area contributed by atoms with E-state index in [2.05, 4.69) is 5.32 Å². The van der Waals surface area contributed by atoms with Crippen molar-refractivity contribution in [1.29, 1.82) is 0 Å². The second-order valence-corrected chi connectivity index (χ2v) is 2.89. The van der Waals surface area contributed by atoms with Crippen LogP contribution in [0.5, 0.6) is 0 Å². The molecule has 12 heavy (non-hydrogen) atoms. The first-order valence-electron chi connectivity index (χ1n) is 3.88. The predicted octanol–water partition coefficient (Wildman–Crippen LogP) is -1.38. The van der Waals surface area contributed by atoms with E-state index in [4.69, 9.17) is 15.9 Å². The Bertz CT molecular complexity index is 141. The van der Waals surface area contributed by atoms with Gasteiger partial charge < -0.3 is 21.3 Å². The summed E-state index contributed by atoms with van der Waals surface area (Å²) in [5, 5.41) is 19.9. The molecular weight excluding hydrogens is 160 g/mol. The van der Waals surface area contributed by atoms with Crippen LogP contribution in [-0.2, 0) is 4.79 Å². The topological polar surface area (TPSA) is 95.6 Å². The molecule has 0 aromatic rings. The highest BCUT2D eigenvalue weighted by atomic mass is 16.4. The summed E-state index contributed by atoms with van der Waals surface area (Å²) in [5.74, 6) is -0.884. The van der Waals surface area contributed by atoms with E-state index in [-0.39, 0.29) is 19.1 Å². The van der Waals surface area contributed by atoms with Crippen LogP contribution in [0.4, 0.5) is 0 Å². The number of carboxylic acid groups (broad SMARTS) is 1. The lowest BCUT2D eigenvalue weighted by Crippen LogP contribution is -2.41. The summed E-state index contributed by atoms with van der Waals surface area (Å²) in [5.41, 5.74) is 5.22. The molecule has 5 N–H and O–H groups in total. The van der Waals surface area contributed by atoms with Gasteiger partial charge >= 0.3 is 5.97 Å². The van der Waals surface area contributed by atoms with E-state index in [1.54, 1.807) is 0 Å². The third kappa shape index (κ3) is 5.06. The van der Waals surface area contributed by atoms with E-state index >= 15 is 0 Å². The van der Waals surface area contributed by atoms with Gasteiger partial charge in [0.1, 0.15) is 6.04 Å². The maximum absolute atomic E-state index is 10.2.